The summed E-state index contributed by atoms with van der Waals surface area (Å²) in [5, 5.41) is 1.11. The number of hydrogen-bond donors (Lipinski definition) is 0. The molecule has 0 aliphatic rings. The van der Waals surface area contributed by atoms with Crippen LogP contribution in [-0.4, -0.2) is 4.98 Å². The number of pyridine rings is 1. The largest absolute Gasteiger partial charge is 1.00 e. The number of fused-ring (bicyclic) bond motifs is 1. The van der Waals surface area contributed by atoms with E-state index in [1.54, 1.807) is 12.4 Å². The molecule has 0 spiro atoms. The van der Waals surface area contributed by atoms with Crippen LogP contribution in [0.4, 0.5) is 0 Å². The van der Waals surface area contributed by atoms with E-state index in [2.05, 4.69) is 9.97 Å². The van der Waals surface area contributed by atoms with Crippen molar-refractivity contribution >= 4 is 11.0 Å². The van der Waals surface area contributed by atoms with Gasteiger partial charge in [-0.25, -0.2) is 0 Å². The Labute approximate surface area is 69.1 Å². The molecule has 2 rings (SSSR count). The van der Waals surface area contributed by atoms with Crippen molar-refractivity contribution in [2.75, 3.05) is 0 Å². The molecule has 0 radical (unpaired) electrons. The SMILES string of the molecule is [Cu+].c1cnc2[n-]ccc2c1. The predicted molar refractivity (Wildman–Crippen MR) is 35.1 cm³/mol. The molecule has 0 atom stereocenters. The molecular formula is C7H5CuN2. The first-order valence-corrected chi connectivity index (χ1v) is 2.79. The molecular weight excluding hydrogens is 176 g/mol. The smallest absolute Gasteiger partial charge is 0.442 e. The van der Waals surface area contributed by atoms with Crippen LogP contribution >= 0.6 is 0 Å². The molecule has 0 saturated heterocycles. The molecule has 0 amide bonds. The summed E-state index contributed by atoms with van der Waals surface area (Å²) in [5.41, 5.74) is 0.831. The fraction of sp³-hybridized carbons (Fsp3) is 0. The molecule has 0 aliphatic carbocycles. The van der Waals surface area contributed by atoms with Crippen molar-refractivity contribution < 1.29 is 17.1 Å². The summed E-state index contributed by atoms with van der Waals surface area (Å²) in [4.78, 5) is 8.04. The van der Waals surface area contributed by atoms with Gasteiger partial charge in [0.1, 0.15) is 0 Å². The summed E-state index contributed by atoms with van der Waals surface area (Å²) >= 11 is 0. The molecule has 2 aromatic heterocycles. The van der Waals surface area contributed by atoms with Crippen LogP contribution in [0.3, 0.4) is 0 Å². The van der Waals surface area contributed by atoms with Crippen molar-refractivity contribution in [3.63, 3.8) is 0 Å². The van der Waals surface area contributed by atoms with Gasteiger partial charge in [-0.3, -0.25) is 0 Å². The topological polar surface area (TPSA) is 27.0 Å². The Hall–Kier alpha value is -0.791. The van der Waals surface area contributed by atoms with Crippen LogP contribution in [0.1, 0.15) is 0 Å². The van der Waals surface area contributed by atoms with Gasteiger partial charge in [-0.1, -0.05) is 36.2 Å². The number of rotatable bonds is 0. The maximum atomic E-state index is 4.03. The van der Waals surface area contributed by atoms with Crippen molar-refractivity contribution in [2.45, 2.75) is 0 Å². The van der Waals surface area contributed by atoms with E-state index >= 15 is 0 Å². The van der Waals surface area contributed by atoms with E-state index in [9.17, 15) is 0 Å². The van der Waals surface area contributed by atoms with Gasteiger partial charge in [0, 0.05) is 0 Å². The first kappa shape index (κ1) is 7.32. The van der Waals surface area contributed by atoms with Gasteiger partial charge in [-0.2, -0.15) is 0 Å². The third kappa shape index (κ3) is 1.06. The Bertz CT molecular complexity index is 286. The summed E-state index contributed by atoms with van der Waals surface area (Å²) in [5.74, 6) is 0. The summed E-state index contributed by atoms with van der Waals surface area (Å²) in [6, 6.07) is 5.85. The minimum absolute atomic E-state index is 0. The van der Waals surface area contributed by atoms with E-state index in [1.165, 1.54) is 0 Å². The molecule has 0 N–H and O–H groups in total. The number of nitrogens with zero attached hydrogens (tertiary/aromatic N) is 2. The van der Waals surface area contributed by atoms with Crippen LogP contribution in [-0.2, 0) is 17.1 Å². The van der Waals surface area contributed by atoms with Gasteiger partial charge in [0.2, 0.25) is 0 Å². The number of aromatic nitrogens is 2. The van der Waals surface area contributed by atoms with Crippen molar-refractivity contribution in [3.8, 4) is 0 Å². The maximum absolute atomic E-state index is 4.03. The van der Waals surface area contributed by atoms with Gasteiger partial charge >= 0.3 is 17.1 Å². The van der Waals surface area contributed by atoms with Crippen LogP contribution in [0, 0.1) is 0 Å². The zero-order valence-corrected chi connectivity index (χ0v) is 6.02. The van der Waals surface area contributed by atoms with Crippen molar-refractivity contribution in [1.29, 1.82) is 0 Å². The Balaban J connectivity index is 0.000000500. The van der Waals surface area contributed by atoms with Crippen LogP contribution < -0.4 is 4.98 Å². The summed E-state index contributed by atoms with van der Waals surface area (Å²) < 4.78 is 0. The van der Waals surface area contributed by atoms with Crippen LogP contribution in [0.2, 0.25) is 0 Å². The quantitative estimate of drug-likeness (QED) is 0.570. The van der Waals surface area contributed by atoms with E-state index in [0.29, 0.717) is 0 Å². The summed E-state index contributed by atoms with van der Waals surface area (Å²) in [7, 11) is 0. The molecule has 0 saturated carbocycles. The maximum Gasteiger partial charge on any atom is 1.00 e. The fourth-order valence-corrected chi connectivity index (χ4v) is 0.836. The van der Waals surface area contributed by atoms with E-state index in [1.807, 2.05) is 18.2 Å². The molecule has 0 aromatic carbocycles. The van der Waals surface area contributed by atoms with Crippen LogP contribution in [0.15, 0.2) is 30.6 Å². The van der Waals surface area contributed by atoms with Gasteiger partial charge < -0.3 is 9.97 Å². The number of hydrogen-bond acceptors (Lipinski definition) is 1. The Morgan fingerprint density at radius 1 is 1.30 bits per heavy atom. The molecule has 0 aliphatic heterocycles. The average Bonchev–Trinajstić information content (AvgIpc) is 2.33. The van der Waals surface area contributed by atoms with Gasteiger partial charge in [0.15, 0.2) is 0 Å². The second-order valence-electron chi connectivity index (χ2n) is 1.86. The fourth-order valence-electron chi connectivity index (χ4n) is 0.836. The van der Waals surface area contributed by atoms with E-state index in [4.69, 9.17) is 0 Å². The van der Waals surface area contributed by atoms with Crippen LogP contribution in [0.5, 0.6) is 0 Å². The third-order valence-corrected chi connectivity index (χ3v) is 1.27. The van der Waals surface area contributed by atoms with Gasteiger partial charge in [-0.05, 0) is 5.39 Å². The second-order valence-corrected chi connectivity index (χ2v) is 1.86. The van der Waals surface area contributed by atoms with E-state index in [0.717, 1.165) is 11.0 Å². The standard InChI is InChI=1S/C7H5N2.Cu/c1-2-6-3-5-9-7(6)8-4-1;/h1-5H;/q-1;+1. The minimum Gasteiger partial charge on any atom is -0.442 e. The Kier molecular flexibility index (Phi) is 2.09. The van der Waals surface area contributed by atoms with Gasteiger partial charge in [0.05, 0.1) is 0 Å². The molecule has 0 bridgehead atoms. The summed E-state index contributed by atoms with van der Waals surface area (Å²) in [6.07, 6.45) is 3.51. The molecule has 3 heteroatoms. The van der Waals surface area contributed by atoms with Crippen molar-refractivity contribution in [2.24, 2.45) is 0 Å². The molecule has 2 heterocycles. The normalized spacial score (nSPS) is 9.20. The van der Waals surface area contributed by atoms with Crippen molar-refractivity contribution in [1.82, 2.24) is 9.97 Å². The molecule has 10 heavy (non-hydrogen) atoms. The van der Waals surface area contributed by atoms with Gasteiger partial charge in [-0.15, -0.1) is 0 Å². The predicted octanol–water partition coefficient (Wildman–Crippen LogP) is 1.19. The zero-order chi connectivity index (χ0) is 6.10. The Morgan fingerprint density at radius 3 is 3.00 bits per heavy atom. The summed E-state index contributed by atoms with van der Waals surface area (Å²) in [6.45, 7) is 0. The molecule has 0 fully saturated rings. The average molecular weight is 181 g/mol. The zero-order valence-electron chi connectivity index (χ0n) is 5.08. The second kappa shape index (κ2) is 2.86. The van der Waals surface area contributed by atoms with Crippen molar-refractivity contribution in [3.05, 3.63) is 30.6 Å². The molecule has 2 aromatic rings. The van der Waals surface area contributed by atoms with E-state index in [-0.39, 0.29) is 17.1 Å². The van der Waals surface area contributed by atoms with Gasteiger partial charge in [0.25, 0.3) is 0 Å². The monoisotopic (exact) mass is 180 g/mol. The minimum atomic E-state index is 0. The Morgan fingerprint density at radius 2 is 2.20 bits per heavy atom. The third-order valence-electron chi connectivity index (χ3n) is 1.27. The first-order valence-electron chi connectivity index (χ1n) is 2.79. The molecule has 2 nitrogen and oxygen atoms in total. The van der Waals surface area contributed by atoms with Crippen LogP contribution in [0.25, 0.3) is 11.0 Å². The molecule has 54 valence electrons. The van der Waals surface area contributed by atoms with E-state index < -0.39 is 0 Å². The molecule has 0 unspecified atom stereocenters. The first-order chi connectivity index (χ1) is 4.47.